The van der Waals surface area contributed by atoms with Crippen molar-refractivity contribution in [2.45, 2.75) is 6.04 Å². The number of imide groups is 1. The van der Waals surface area contributed by atoms with Crippen LogP contribution in [-0.4, -0.2) is 46.0 Å². The van der Waals surface area contributed by atoms with Gasteiger partial charge in [-0.1, -0.05) is 41.4 Å². The predicted octanol–water partition coefficient (Wildman–Crippen LogP) is 3.22. The molecule has 0 saturated carbocycles. The quantitative estimate of drug-likeness (QED) is 0.325. The van der Waals surface area contributed by atoms with E-state index in [1.807, 2.05) is 0 Å². The SMILES string of the molecule is O=C(NCCO)C(c1ccc(Cl)cc1)N1C(=O)N/C(=C\c2c[nH]c3cc(Cl)ccc23)C1=O. The van der Waals surface area contributed by atoms with Crippen molar-refractivity contribution in [1.82, 2.24) is 20.5 Å². The Kier molecular flexibility index (Phi) is 6.18. The van der Waals surface area contributed by atoms with Crippen LogP contribution in [0.15, 0.2) is 54.4 Å². The number of aliphatic hydroxyl groups is 1. The van der Waals surface area contributed by atoms with Crippen LogP contribution in [0.3, 0.4) is 0 Å². The van der Waals surface area contributed by atoms with Crippen LogP contribution in [-0.2, 0) is 9.59 Å². The molecule has 4 amide bonds. The zero-order valence-corrected chi connectivity index (χ0v) is 18.1. The number of fused-ring (bicyclic) bond motifs is 1. The first-order valence-electron chi connectivity index (χ1n) is 9.66. The van der Waals surface area contributed by atoms with E-state index < -0.39 is 23.9 Å². The monoisotopic (exact) mass is 472 g/mol. The van der Waals surface area contributed by atoms with Gasteiger partial charge in [0.1, 0.15) is 11.7 Å². The van der Waals surface area contributed by atoms with Gasteiger partial charge in [0.2, 0.25) is 5.91 Å². The molecule has 8 nitrogen and oxygen atoms in total. The summed E-state index contributed by atoms with van der Waals surface area (Å²) >= 11 is 12.0. The molecule has 1 aliphatic rings. The van der Waals surface area contributed by atoms with Crippen LogP contribution >= 0.6 is 23.2 Å². The minimum Gasteiger partial charge on any atom is -0.395 e. The lowest BCUT2D eigenvalue weighted by Crippen LogP contribution is -2.44. The average molecular weight is 473 g/mol. The second kappa shape index (κ2) is 9.04. The number of nitrogens with zero attached hydrogens (tertiary/aromatic N) is 1. The highest BCUT2D eigenvalue weighted by atomic mass is 35.5. The number of aromatic amines is 1. The Morgan fingerprint density at radius 1 is 1.12 bits per heavy atom. The Hall–Kier alpha value is -3.33. The molecule has 32 heavy (non-hydrogen) atoms. The summed E-state index contributed by atoms with van der Waals surface area (Å²) in [5.41, 5.74) is 1.88. The first kappa shape index (κ1) is 21.9. The Morgan fingerprint density at radius 2 is 1.84 bits per heavy atom. The Bertz CT molecular complexity index is 1240. The number of hydrogen-bond donors (Lipinski definition) is 4. The molecule has 2 aromatic carbocycles. The van der Waals surface area contributed by atoms with Crippen molar-refractivity contribution in [3.8, 4) is 0 Å². The van der Waals surface area contributed by atoms with Crippen molar-refractivity contribution in [3.05, 3.63) is 75.5 Å². The lowest BCUT2D eigenvalue weighted by molar-refractivity contribution is -0.133. The van der Waals surface area contributed by atoms with Crippen molar-refractivity contribution in [2.75, 3.05) is 13.2 Å². The van der Waals surface area contributed by atoms with Crippen molar-refractivity contribution in [3.63, 3.8) is 0 Å². The number of amides is 4. The summed E-state index contributed by atoms with van der Waals surface area (Å²) in [6, 6.07) is 9.57. The fourth-order valence-electron chi connectivity index (χ4n) is 3.52. The molecule has 0 aliphatic carbocycles. The molecule has 1 atom stereocenters. The number of benzene rings is 2. The molecule has 164 valence electrons. The molecule has 10 heteroatoms. The van der Waals surface area contributed by atoms with Gasteiger partial charge in [0.05, 0.1) is 6.61 Å². The van der Waals surface area contributed by atoms with Crippen molar-refractivity contribution < 1.29 is 19.5 Å². The first-order valence-corrected chi connectivity index (χ1v) is 10.4. The van der Waals surface area contributed by atoms with E-state index in [2.05, 4.69) is 15.6 Å². The third-order valence-corrected chi connectivity index (χ3v) is 5.48. The van der Waals surface area contributed by atoms with Crippen LogP contribution in [0.5, 0.6) is 0 Å². The Labute approximate surface area is 192 Å². The van der Waals surface area contributed by atoms with Crippen LogP contribution in [0.25, 0.3) is 17.0 Å². The number of H-pyrrole nitrogens is 1. The Balaban J connectivity index is 1.70. The summed E-state index contributed by atoms with van der Waals surface area (Å²) < 4.78 is 0. The van der Waals surface area contributed by atoms with E-state index >= 15 is 0 Å². The highest BCUT2D eigenvalue weighted by molar-refractivity contribution is 6.31. The third kappa shape index (κ3) is 4.20. The largest absolute Gasteiger partial charge is 0.395 e. The molecule has 0 spiro atoms. The lowest BCUT2D eigenvalue weighted by Gasteiger charge is -2.24. The van der Waals surface area contributed by atoms with Crippen LogP contribution in [0.1, 0.15) is 17.2 Å². The zero-order chi connectivity index (χ0) is 22.8. The van der Waals surface area contributed by atoms with Crippen molar-refractivity contribution in [1.29, 1.82) is 0 Å². The van der Waals surface area contributed by atoms with Gasteiger partial charge in [-0.25, -0.2) is 9.69 Å². The van der Waals surface area contributed by atoms with Gasteiger partial charge in [-0.2, -0.15) is 0 Å². The number of urea groups is 1. The second-order valence-electron chi connectivity index (χ2n) is 7.07. The number of carbonyl (C=O) groups is 3. The molecule has 1 saturated heterocycles. The van der Waals surface area contributed by atoms with Crippen LogP contribution in [0.4, 0.5) is 4.79 Å². The number of halogens is 2. The smallest absolute Gasteiger partial charge is 0.330 e. The van der Waals surface area contributed by atoms with Crippen LogP contribution in [0, 0.1) is 0 Å². The van der Waals surface area contributed by atoms with Gasteiger partial charge in [-0.05, 0) is 35.9 Å². The van der Waals surface area contributed by atoms with Gasteiger partial charge in [0.25, 0.3) is 5.91 Å². The lowest BCUT2D eigenvalue weighted by atomic mass is 10.0. The van der Waals surface area contributed by atoms with Crippen molar-refractivity contribution in [2.24, 2.45) is 0 Å². The van der Waals surface area contributed by atoms with E-state index in [1.54, 1.807) is 48.7 Å². The summed E-state index contributed by atoms with van der Waals surface area (Å²) in [7, 11) is 0. The number of rotatable bonds is 6. The first-order chi connectivity index (χ1) is 15.4. The topological polar surface area (TPSA) is 115 Å². The van der Waals surface area contributed by atoms with Gasteiger partial charge in [0.15, 0.2) is 0 Å². The zero-order valence-electron chi connectivity index (χ0n) is 16.6. The number of aliphatic hydroxyl groups excluding tert-OH is 1. The molecule has 0 radical (unpaired) electrons. The molecule has 1 aliphatic heterocycles. The summed E-state index contributed by atoms with van der Waals surface area (Å²) in [6.07, 6.45) is 3.23. The highest BCUT2D eigenvalue weighted by Gasteiger charge is 2.42. The van der Waals surface area contributed by atoms with Gasteiger partial charge >= 0.3 is 6.03 Å². The number of nitrogens with one attached hydrogen (secondary N) is 3. The summed E-state index contributed by atoms with van der Waals surface area (Å²) in [5.74, 6) is -1.26. The Morgan fingerprint density at radius 3 is 2.56 bits per heavy atom. The molecule has 1 fully saturated rings. The van der Waals surface area contributed by atoms with E-state index in [1.165, 1.54) is 6.08 Å². The molecule has 2 heterocycles. The normalized spacial score (nSPS) is 16.0. The van der Waals surface area contributed by atoms with Gasteiger partial charge in [-0.15, -0.1) is 0 Å². The fourth-order valence-corrected chi connectivity index (χ4v) is 3.82. The van der Waals surface area contributed by atoms with Crippen LogP contribution in [0.2, 0.25) is 10.0 Å². The molecular weight excluding hydrogens is 455 g/mol. The maximum absolute atomic E-state index is 13.2. The second-order valence-corrected chi connectivity index (χ2v) is 7.94. The van der Waals surface area contributed by atoms with E-state index in [9.17, 15) is 14.4 Å². The number of aromatic nitrogens is 1. The molecular formula is C22H18Cl2N4O4. The van der Waals surface area contributed by atoms with Crippen LogP contribution < -0.4 is 10.6 Å². The predicted molar refractivity (Wildman–Crippen MR) is 121 cm³/mol. The number of hydrogen-bond acceptors (Lipinski definition) is 4. The third-order valence-electron chi connectivity index (χ3n) is 4.99. The fraction of sp³-hybridized carbons (Fsp3) is 0.136. The van der Waals surface area contributed by atoms with Crippen molar-refractivity contribution >= 4 is 58.0 Å². The minimum absolute atomic E-state index is 0.0207. The summed E-state index contributed by atoms with van der Waals surface area (Å²) in [5, 5.41) is 15.9. The van der Waals surface area contributed by atoms with E-state index in [0.717, 1.165) is 15.8 Å². The minimum atomic E-state index is -1.24. The number of carbonyl (C=O) groups excluding carboxylic acids is 3. The molecule has 1 unspecified atom stereocenters. The standard InChI is InChI=1S/C22H18Cl2N4O4/c23-14-3-1-12(2-4-14)19(20(30)25-7-8-29)28-21(31)18(27-22(28)32)9-13-11-26-17-10-15(24)5-6-16(13)17/h1-6,9-11,19,26,29H,7-8H2,(H,25,30)(H,27,32)/b18-9-. The molecule has 0 bridgehead atoms. The maximum Gasteiger partial charge on any atom is 0.330 e. The molecule has 3 aromatic rings. The van der Waals surface area contributed by atoms with Gasteiger partial charge in [-0.3, -0.25) is 9.59 Å². The van der Waals surface area contributed by atoms with E-state index in [0.29, 0.717) is 21.2 Å². The highest BCUT2D eigenvalue weighted by Crippen LogP contribution is 2.29. The molecule has 4 rings (SSSR count). The van der Waals surface area contributed by atoms with Gasteiger partial charge < -0.3 is 20.7 Å². The molecule has 4 N–H and O–H groups in total. The van der Waals surface area contributed by atoms with Gasteiger partial charge in [0, 0.05) is 39.3 Å². The molecule has 1 aromatic heterocycles. The summed E-state index contributed by atoms with van der Waals surface area (Å²) in [4.78, 5) is 42.7. The maximum atomic E-state index is 13.2. The average Bonchev–Trinajstić information content (AvgIpc) is 3.29. The summed E-state index contributed by atoms with van der Waals surface area (Å²) in [6.45, 7) is -0.303. The van der Waals surface area contributed by atoms with E-state index in [4.69, 9.17) is 28.3 Å². The van der Waals surface area contributed by atoms with E-state index in [-0.39, 0.29) is 18.8 Å².